The number of carbonyl (C=O) groups excluding carboxylic acids is 2. The van der Waals surface area contributed by atoms with E-state index in [2.05, 4.69) is 37.8 Å². The Bertz CT molecular complexity index is 1520. The largest absolute Gasteiger partial charge is 0.491 e. The summed E-state index contributed by atoms with van der Waals surface area (Å²) in [7, 11) is 0. The van der Waals surface area contributed by atoms with Crippen LogP contribution in [0.25, 0.3) is 16.9 Å². The molecule has 1 fully saturated rings. The minimum atomic E-state index is -0.609. The minimum Gasteiger partial charge on any atom is -0.491 e. The molecule has 2 aliphatic heterocycles. The molecule has 1 aliphatic carbocycles. The summed E-state index contributed by atoms with van der Waals surface area (Å²) in [5, 5.41) is 10.7. The SMILES string of the molecule is CC(C)(C)c1ccc(OC[C@H](O)CN2CCC3(CC2)CSC2=C(O3)c3cc(-c4ccccc4)ccc3C(=O)C2=O)cc1. The zero-order valence-electron chi connectivity index (χ0n) is 24.4. The first kappa shape index (κ1) is 28.7. The average Bonchev–Trinajstić information content (AvgIpc) is 3.00. The lowest BCUT2D eigenvalue weighted by atomic mass is 9.87. The van der Waals surface area contributed by atoms with E-state index in [4.69, 9.17) is 9.47 Å². The molecule has 0 radical (unpaired) electrons. The molecule has 0 aromatic heterocycles. The van der Waals surface area contributed by atoms with Gasteiger partial charge in [0, 0.05) is 49.4 Å². The highest BCUT2D eigenvalue weighted by molar-refractivity contribution is 8.04. The number of rotatable bonds is 6. The first-order valence-electron chi connectivity index (χ1n) is 14.6. The van der Waals surface area contributed by atoms with E-state index in [0.29, 0.717) is 34.1 Å². The molecule has 218 valence electrons. The zero-order chi connectivity index (χ0) is 29.5. The number of nitrogens with zero attached hydrogens (tertiary/aromatic N) is 1. The number of fused-ring (bicyclic) bond motifs is 2. The number of carbonyl (C=O) groups is 2. The first-order chi connectivity index (χ1) is 20.1. The van der Waals surface area contributed by atoms with Gasteiger partial charge in [-0.15, -0.1) is 11.8 Å². The first-order valence-corrected chi connectivity index (χ1v) is 15.6. The number of ketones is 2. The van der Waals surface area contributed by atoms with E-state index in [1.807, 2.05) is 54.6 Å². The highest BCUT2D eigenvalue weighted by Gasteiger charge is 2.46. The van der Waals surface area contributed by atoms with Crippen molar-refractivity contribution in [3.63, 3.8) is 0 Å². The molecule has 0 amide bonds. The molecule has 42 heavy (non-hydrogen) atoms. The summed E-state index contributed by atoms with van der Waals surface area (Å²) in [5.74, 6) is 0.989. The predicted molar refractivity (Wildman–Crippen MR) is 167 cm³/mol. The van der Waals surface area contributed by atoms with Crippen molar-refractivity contribution < 1.29 is 24.2 Å². The van der Waals surface area contributed by atoms with E-state index in [0.717, 1.165) is 42.8 Å². The highest BCUT2D eigenvalue weighted by atomic mass is 32.2. The molecule has 1 spiro atoms. The molecule has 0 saturated carbocycles. The number of benzene rings is 3. The molecule has 3 aromatic carbocycles. The van der Waals surface area contributed by atoms with Gasteiger partial charge in [0.15, 0.2) is 0 Å². The lowest BCUT2D eigenvalue weighted by molar-refractivity contribution is -0.111. The number of piperidine rings is 1. The van der Waals surface area contributed by atoms with E-state index in [9.17, 15) is 14.7 Å². The van der Waals surface area contributed by atoms with Gasteiger partial charge in [-0.05, 0) is 46.4 Å². The molecular weight excluding hydrogens is 546 g/mol. The van der Waals surface area contributed by atoms with Gasteiger partial charge in [-0.1, -0.05) is 69.3 Å². The number of allylic oxidation sites excluding steroid dienone is 1. The van der Waals surface area contributed by atoms with Gasteiger partial charge in [0.05, 0.1) is 0 Å². The number of likely N-dealkylation sites (tertiary alicyclic amines) is 1. The summed E-state index contributed by atoms with van der Waals surface area (Å²) in [6.45, 7) is 8.83. The topological polar surface area (TPSA) is 76.1 Å². The third-order valence-electron chi connectivity index (χ3n) is 8.43. The summed E-state index contributed by atoms with van der Waals surface area (Å²) in [6.07, 6.45) is 0.936. The summed E-state index contributed by atoms with van der Waals surface area (Å²) in [6, 6.07) is 23.7. The fourth-order valence-corrected chi connectivity index (χ4v) is 7.12. The average molecular weight is 584 g/mol. The van der Waals surface area contributed by atoms with Crippen LogP contribution in [0.3, 0.4) is 0 Å². The van der Waals surface area contributed by atoms with E-state index in [1.54, 1.807) is 6.07 Å². The molecule has 3 aromatic rings. The Morgan fingerprint density at radius 1 is 0.929 bits per heavy atom. The second-order valence-corrected chi connectivity index (χ2v) is 13.5. The molecule has 0 bridgehead atoms. The van der Waals surface area contributed by atoms with Gasteiger partial charge in [0.25, 0.3) is 0 Å². The highest BCUT2D eigenvalue weighted by Crippen LogP contribution is 2.48. The van der Waals surface area contributed by atoms with Crippen LogP contribution in [0.1, 0.15) is 55.1 Å². The van der Waals surface area contributed by atoms with Crippen LogP contribution in [0.5, 0.6) is 5.75 Å². The van der Waals surface area contributed by atoms with Gasteiger partial charge < -0.3 is 19.5 Å². The van der Waals surface area contributed by atoms with Gasteiger partial charge in [-0.25, -0.2) is 0 Å². The number of aliphatic hydroxyl groups excluding tert-OH is 1. The molecular formula is C35H37NO5S. The van der Waals surface area contributed by atoms with Crippen molar-refractivity contribution in [2.45, 2.75) is 50.7 Å². The number of hydrogen-bond donors (Lipinski definition) is 1. The molecule has 1 saturated heterocycles. The van der Waals surface area contributed by atoms with E-state index >= 15 is 0 Å². The van der Waals surface area contributed by atoms with Crippen molar-refractivity contribution in [1.82, 2.24) is 4.90 Å². The lowest BCUT2D eigenvalue weighted by Crippen LogP contribution is -2.51. The monoisotopic (exact) mass is 583 g/mol. The molecule has 1 N–H and O–H groups in total. The molecule has 1 atom stereocenters. The Hall–Kier alpha value is -3.39. The van der Waals surface area contributed by atoms with E-state index in [1.165, 1.54) is 17.3 Å². The Labute approximate surface area is 251 Å². The van der Waals surface area contributed by atoms with Gasteiger partial charge in [0.2, 0.25) is 11.6 Å². The maximum atomic E-state index is 13.0. The maximum absolute atomic E-state index is 13.0. The van der Waals surface area contributed by atoms with Crippen LogP contribution in [0.15, 0.2) is 77.7 Å². The van der Waals surface area contributed by atoms with Crippen molar-refractivity contribution in [2.24, 2.45) is 0 Å². The van der Waals surface area contributed by atoms with Crippen molar-refractivity contribution in [3.8, 4) is 16.9 Å². The smallest absolute Gasteiger partial charge is 0.243 e. The number of β-amino-alcohol motifs (C(OH)–C–C–N with tert-alkyl or cyclic N) is 1. The second kappa shape index (κ2) is 11.4. The Morgan fingerprint density at radius 3 is 2.33 bits per heavy atom. The Kier molecular flexibility index (Phi) is 7.77. The summed E-state index contributed by atoms with van der Waals surface area (Å²) in [5.41, 5.74) is 4.04. The van der Waals surface area contributed by atoms with Crippen LogP contribution < -0.4 is 4.74 Å². The van der Waals surface area contributed by atoms with Crippen LogP contribution in [0.2, 0.25) is 0 Å². The van der Waals surface area contributed by atoms with Gasteiger partial charge in [-0.3, -0.25) is 9.59 Å². The van der Waals surface area contributed by atoms with Crippen LogP contribution in [-0.4, -0.2) is 65.3 Å². The quantitative estimate of drug-likeness (QED) is 0.350. The normalized spacial score (nSPS) is 19.2. The van der Waals surface area contributed by atoms with Gasteiger partial charge in [0.1, 0.15) is 34.7 Å². The molecule has 7 heteroatoms. The van der Waals surface area contributed by atoms with Gasteiger partial charge in [-0.2, -0.15) is 0 Å². The Morgan fingerprint density at radius 2 is 1.64 bits per heavy atom. The third-order valence-corrected chi connectivity index (χ3v) is 9.76. The fraction of sp³-hybridized carbons (Fsp3) is 0.371. The third kappa shape index (κ3) is 5.78. The van der Waals surface area contributed by atoms with Crippen molar-refractivity contribution in [2.75, 3.05) is 32.0 Å². The van der Waals surface area contributed by atoms with Crippen LogP contribution in [0.4, 0.5) is 0 Å². The predicted octanol–water partition coefficient (Wildman–Crippen LogP) is 6.12. The number of ether oxygens (including phenoxy) is 2. The zero-order valence-corrected chi connectivity index (χ0v) is 25.2. The minimum absolute atomic E-state index is 0.0841. The van der Waals surface area contributed by atoms with Crippen LogP contribution >= 0.6 is 11.8 Å². The molecule has 6 nitrogen and oxygen atoms in total. The van der Waals surface area contributed by atoms with Crippen LogP contribution in [-0.2, 0) is 14.9 Å². The standard InChI is InChI=1S/C35H37NO5S/c1-34(2,3)25-10-12-27(13-11-25)40-21-26(37)20-36-17-15-35(16-18-36)22-42-33-31(39)30(38)28-14-9-24(19-29(28)32(33)41-35)23-7-5-4-6-8-23/h4-14,19,26,37H,15-18,20-22H2,1-3H3/t26-/m1/s1. The number of thioether (sulfide) groups is 1. The van der Waals surface area contributed by atoms with Crippen molar-refractivity contribution in [3.05, 3.63) is 94.4 Å². The summed E-state index contributed by atoms with van der Waals surface area (Å²) < 4.78 is 12.6. The summed E-state index contributed by atoms with van der Waals surface area (Å²) in [4.78, 5) is 28.6. The molecule has 0 unspecified atom stereocenters. The maximum Gasteiger partial charge on any atom is 0.243 e. The van der Waals surface area contributed by atoms with Crippen molar-refractivity contribution in [1.29, 1.82) is 0 Å². The molecule has 3 aliphatic rings. The molecule has 6 rings (SSSR count). The van der Waals surface area contributed by atoms with Crippen LogP contribution in [0, 0.1) is 0 Å². The second-order valence-electron chi connectivity index (χ2n) is 12.6. The number of aliphatic hydroxyl groups is 1. The number of hydrogen-bond acceptors (Lipinski definition) is 7. The van der Waals surface area contributed by atoms with Gasteiger partial charge >= 0.3 is 0 Å². The van der Waals surface area contributed by atoms with E-state index in [-0.39, 0.29) is 12.0 Å². The van der Waals surface area contributed by atoms with E-state index < -0.39 is 23.3 Å². The lowest BCUT2D eigenvalue weighted by Gasteiger charge is -2.45. The Balaban J connectivity index is 1.10. The van der Waals surface area contributed by atoms with Crippen molar-refractivity contribution >= 4 is 29.1 Å². The summed E-state index contributed by atoms with van der Waals surface area (Å²) >= 11 is 1.45. The number of Topliss-reactive ketones (excluding diaryl/α,β-unsaturated/α-hetero) is 2. The fourth-order valence-electron chi connectivity index (χ4n) is 5.86. The molecule has 2 heterocycles.